The molecule has 1 aromatic rings. The molecule has 2 N–H and O–H groups in total. The van der Waals surface area contributed by atoms with E-state index in [4.69, 9.17) is 9.94 Å². The van der Waals surface area contributed by atoms with Crippen LogP contribution < -0.4 is 10.2 Å². The number of rotatable bonds is 3. The van der Waals surface area contributed by atoms with Crippen molar-refractivity contribution in [2.75, 3.05) is 7.11 Å². The van der Waals surface area contributed by atoms with Gasteiger partial charge in [0.1, 0.15) is 11.3 Å². The zero-order valence-electron chi connectivity index (χ0n) is 7.76. The summed E-state index contributed by atoms with van der Waals surface area (Å²) in [5, 5.41) is 19.0. The number of methoxy groups -OCH3 is 1. The second-order valence-corrected chi connectivity index (χ2v) is 2.58. The highest BCUT2D eigenvalue weighted by Crippen LogP contribution is 2.24. The first kappa shape index (κ1) is 10.9. The van der Waals surface area contributed by atoms with Gasteiger partial charge in [-0.25, -0.2) is 5.48 Å². The molecule has 1 aromatic carbocycles. The molecule has 0 fully saturated rings. The van der Waals surface area contributed by atoms with Crippen molar-refractivity contribution in [2.24, 2.45) is 0 Å². The van der Waals surface area contributed by atoms with Crippen LogP contribution in [0.2, 0.25) is 0 Å². The molecule has 0 aliphatic heterocycles. The molecule has 1 rings (SSSR count). The van der Waals surface area contributed by atoms with Crippen LogP contribution in [0.3, 0.4) is 0 Å². The normalized spacial score (nSPS) is 9.47. The van der Waals surface area contributed by atoms with E-state index in [2.05, 4.69) is 0 Å². The molecule has 0 radical (unpaired) electrons. The van der Waals surface area contributed by atoms with Gasteiger partial charge in [-0.3, -0.25) is 20.1 Å². The molecule has 1 amide bonds. The fourth-order valence-corrected chi connectivity index (χ4v) is 1.04. The topological polar surface area (TPSA) is 102 Å². The maximum absolute atomic E-state index is 11.0. The predicted octanol–water partition coefficient (Wildman–Crippen LogP) is 0.722. The molecule has 0 saturated carbocycles. The third-order valence-corrected chi connectivity index (χ3v) is 1.75. The van der Waals surface area contributed by atoms with E-state index in [0.717, 1.165) is 6.07 Å². The molecule has 0 saturated heterocycles. The Morgan fingerprint density at radius 3 is 2.73 bits per heavy atom. The zero-order chi connectivity index (χ0) is 11.4. The number of hydrogen-bond acceptors (Lipinski definition) is 5. The summed E-state index contributed by atoms with van der Waals surface area (Å²) >= 11 is 0. The van der Waals surface area contributed by atoms with Gasteiger partial charge in [-0.15, -0.1) is 0 Å². The van der Waals surface area contributed by atoms with Crippen molar-refractivity contribution in [3.63, 3.8) is 0 Å². The molecule has 0 spiro atoms. The first-order chi connectivity index (χ1) is 7.10. The van der Waals surface area contributed by atoms with Crippen LogP contribution in [-0.4, -0.2) is 23.1 Å². The highest BCUT2D eigenvalue weighted by molar-refractivity contribution is 5.97. The highest BCUT2D eigenvalue weighted by atomic mass is 16.6. The van der Waals surface area contributed by atoms with Gasteiger partial charge in [0, 0.05) is 0 Å². The van der Waals surface area contributed by atoms with Crippen LogP contribution in [0.15, 0.2) is 18.2 Å². The number of carbonyl (C=O) groups is 1. The molecule has 0 aliphatic rings. The molecule has 0 heterocycles. The Balaban J connectivity index is 3.27. The van der Waals surface area contributed by atoms with E-state index in [1.54, 1.807) is 0 Å². The quantitative estimate of drug-likeness (QED) is 0.436. The molecule has 0 aliphatic carbocycles. The minimum atomic E-state index is -0.940. The van der Waals surface area contributed by atoms with Crippen LogP contribution >= 0.6 is 0 Å². The third kappa shape index (κ3) is 2.20. The Morgan fingerprint density at radius 2 is 2.27 bits per heavy atom. The molecule has 0 aromatic heterocycles. The fraction of sp³-hybridized carbons (Fsp3) is 0.125. The summed E-state index contributed by atoms with van der Waals surface area (Å²) in [6.45, 7) is 0. The van der Waals surface area contributed by atoms with Crippen molar-refractivity contribution in [1.29, 1.82) is 0 Å². The first-order valence-electron chi connectivity index (χ1n) is 3.87. The van der Waals surface area contributed by atoms with E-state index >= 15 is 0 Å². The number of nitrogens with one attached hydrogen (secondary N) is 1. The maximum atomic E-state index is 11.0. The second-order valence-electron chi connectivity index (χ2n) is 2.58. The lowest BCUT2D eigenvalue weighted by Crippen LogP contribution is -2.19. The number of carbonyl (C=O) groups excluding carboxylic acids is 1. The molecular formula is C8H8N2O5. The number of benzene rings is 1. The minimum absolute atomic E-state index is 0.233. The number of hydroxylamine groups is 1. The van der Waals surface area contributed by atoms with Gasteiger partial charge in [-0.05, 0) is 12.1 Å². The van der Waals surface area contributed by atoms with Crippen LogP contribution in [-0.2, 0) is 0 Å². The zero-order valence-corrected chi connectivity index (χ0v) is 7.76. The number of nitro groups is 1. The third-order valence-electron chi connectivity index (χ3n) is 1.75. The Labute approximate surface area is 84.4 Å². The van der Waals surface area contributed by atoms with E-state index in [9.17, 15) is 14.9 Å². The molecule has 0 bridgehead atoms. The summed E-state index contributed by atoms with van der Waals surface area (Å²) in [6.07, 6.45) is 0. The first-order valence-corrected chi connectivity index (χ1v) is 3.87. The predicted molar refractivity (Wildman–Crippen MR) is 48.9 cm³/mol. The fourth-order valence-electron chi connectivity index (χ4n) is 1.04. The average molecular weight is 212 g/mol. The summed E-state index contributed by atoms with van der Waals surface area (Å²) in [6, 6.07) is 3.69. The number of nitro benzene ring substituents is 1. The average Bonchev–Trinajstić information content (AvgIpc) is 2.27. The molecule has 7 heteroatoms. The Kier molecular flexibility index (Phi) is 3.19. The summed E-state index contributed by atoms with van der Waals surface area (Å²) in [5.41, 5.74) is 0.667. The van der Waals surface area contributed by atoms with Crippen molar-refractivity contribution in [1.82, 2.24) is 5.48 Å². The monoisotopic (exact) mass is 212 g/mol. The summed E-state index contributed by atoms with van der Waals surface area (Å²) in [4.78, 5) is 20.9. The van der Waals surface area contributed by atoms with Gasteiger partial charge < -0.3 is 4.74 Å². The van der Waals surface area contributed by atoms with Crippen LogP contribution in [0, 0.1) is 10.1 Å². The number of hydrogen-bond donors (Lipinski definition) is 2. The SMILES string of the molecule is COc1ccc(C(=O)NO)c([N+](=O)[O-])c1. The summed E-state index contributed by atoms with van der Waals surface area (Å²) in [5.74, 6) is -0.680. The van der Waals surface area contributed by atoms with E-state index < -0.39 is 16.5 Å². The smallest absolute Gasteiger partial charge is 0.285 e. The van der Waals surface area contributed by atoms with Gasteiger partial charge in [0.25, 0.3) is 11.6 Å². The lowest BCUT2D eigenvalue weighted by Gasteiger charge is -2.03. The molecule has 0 unspecified atom stereocenters. The molecular weight excluding hydrogens is 204 g/mol. The standard InChI is InChI=1S/C8H8N2O5/c1-15-5-2-3-6(8(11)9-12)7(4-5)10(13)14/h2-4,12H,1H3,(H,9,11). The van der Waals surface area contributed by atoms with Crippen molar-refractivity contribution >= 4 is 11.6 Å². The molecule has 7 nitrogen and oxygen atoms in total. The Morgan fingerprint density at radius 1 is 1.60 bits per heavy atom. The van der Waals surface area contributed by atoms with Gasteiger partial charge in [-0.2, -0.15) is 0 Å². The second kappa shape index (κ2) is 4.38. The van der Waals surface area contributed by atoms with E-state index in [-0.39, 0.29) is 11.3 Å². The lowest BCUT2D eigenvalue weighted by molar-refractivity contribution is -0.385. The van der Waals surface area contributed by atoms with Crippen LogP contribution in [0.25, 0.3) is 0 Å². The number of amides is 1. The van der Waals surface area contributed by atoms with E-state index in [0.29, 0.717) is 0 Å². The van der Waals surface area contributed by atoms with Gasteiger partial charge in [0.2, 0.25) is 0 Å². The van der Waals surface area contributed by atoms with Gasteiger partial charge in [0.15, 0.2) is 0 Å². The van der Waals surface area contributed by atoms with Gasteiger partial charge in [0.05, 0.1) is 18.1 Å². The van der Waals surface area contributed by atoms with Crippen LogP contribution in [0.1, 0.15) is 10.4 Å². The van der Waals surface area contributed by atoms with E-state index in [1.165, 1.54) is 24.7 Å². The Bertz CT molecular complexity index is 404. The van der Waals surface area contributed by atoms with Crippen LogP contribution in [0.4, 0.5) is 5.69 Å². The largest absolute Gasteiger partial charge is 0.497 e. The van der Waals surface area contributed by atoms with Crippen LogP contribution in [0.5, 0.6) is 5.75 Å². The number of ether oxygens (including phenoxy) is 1. The summed E-state index contributed by atoms with van der Waals surface area (Å²) < 4.78 is 4.77. The Hall–Kier alpha value is -2.15. The van der Waals surface area contributed by atoms with Crippen molar-refractivity contribution in [3.8, 4) is 5.75 Å². The lowest BCUT2D eigenvalue weighted by atomic mass is 10.1. The number of nitrogens with zero attached hydrogens (tertiary/aromatic N) is 1. The van der Waals surface area contributed by atoms with Gasteiger partial charge in [-0.1, -0.05) is 0 Å². The van der Waals surface area contributed by atoms with E-state index in [1.807, 2.05) is 0 Å². The maximum Gasteiger partial charge on any atom is 0.285 e. The molecule has 0 atom stereocenters. The van der Waals surface area contributed by atoms with Crippen molar-refractivity contribution < 1.29 is 19.7 Å². The van der Waals surface area contributed by atoms with Crippen molar-refractivity contribution in [3.05, 3.63) is 33.9 Å². The molecule has 80 valence electrons. The minimum Gasteiger partial charge on any atom is -0.497 e. The highest BCUT2D eigenvalue weighted by Gasteiger charge is 2.20. The molecule has 15 heavy (non-hydrogen) atoms. The van der Waals surface area contributed by atoms with Crippen molar-refractivity contribution in [2.45, 2.75) is 0 Å². The summed E-state index contributed by atoms with van der Waals surface area (Å²) in [7, 11) is 1.35. The van der Waals surface area contributed by atoms with Gasteiger partial charge >= 0.3 is 0 Å².